The zero-order chi connectivity index (χ0) is 23.2. The van der Waals surface area contributed by atoms with E-state index in [-0.39, 0.29) is 12.4 Å². The Balaban J connectivity index is 2.36. The molecule has 0 amide bonds. The maximum Gasteiger partial charge on any atom is 0.423 e. The number of halogens is 4. The highest BCUT2D eigenvalue weighted by atomic mass is 19.4. The van der Waals surface area contributed by atoms with Gasteiger partial charge in [-0.05, 0) is 43.2 Å². The monoisotopic (exact) mass is 442 g/mol. The van der Waals surface area contributed by atoms with Crippen LogP contribution in [0.3, 0.4) is 0 Å². The first-order valence-corrected chi connectivity index (χ1v) is 9.56. The van der Waals surface area contributed by atoms with Crippen molar-refractivity contribution in [3.63, 3.8) is 0 Å². The Morgan fingerprint density at radius 1 is 1.16 bits per heavy atom. The third-order valence-corrected chi connectivity index (χ3v) is 4.82. The molecular formula is C22H26F4N2O3. The van der Waals surface area contributed by atoms with Gasteiger partial charge in [-0.2, -0.15) is 13.2 Å². The number of benzene rings is 2. The maximum atomic E-state index is 13.9. The number of ether oxygens (including phenoxy) is 2. The van der Waals surface area contributed by atoms with Gasteiger partial charge in [0.25, 0.3) is 0 Å². The molecule has 170 valence electrons. The lowest BCUT2D eigenvalue weighted by Crippen LogP contribution is -2.46. The van der Waals surface area contributed by atoms with Crippen LogP contribution in [0, 0.1) is 12.7 Å². The van der Waals surface area contributed by atoms with Gasteiger partial charge in [0.1, 0.15) is 11.6 Å². The van der Waals surface area contributed by atoms with Gasteiger partial charge in [-0.25, -0.2) is 9.38 Å². The molecule has 2 aromatic rings. The molecule has 0 aromatic heterocycles. The highest BCUT2D eigenvalue weighted by molar-refractivity contribution is 5.65. The molecular weight excluding hydrogens is 416 g/mol. The summed E-state index contributed by atoms with van der Waals surface area (Å²) in [5.74, 6) is -0.634. The predicted molar refractivity (Wildman–Crippen MR) is 110 cm³/mol. The van der Waals surface area contributed by atoms with Crippen LogP contribution in [-0.4, -0.2) is 49.8 Å². The van der Waals surface area contributed by atoms with Gasteiger partial charge in [-0.3, -0.25) is 0 Å². The Kier molecular flexibility index (Phi) is 8.02. The maximum absolute atomic E-state index is 13.9. The molecule has 1 atom stereocenters. The number of nitrogens with zero attached hydrogens (tertiary/aromatic N) is 2. The Hall–Kier alpha value is -2.65. The Bertz CT molecular complexity index is 901. The Morgan fingerprint density at radius 3 is 2.35 bits per heavy atom. The van der Waals surface area contributed by atoms with Gasteiger partial charge in [0, 0.05) is 25.2 Å². The van der Waals surface area contributed by atoms with Crippen LogP contribution in [0.15, 0.2) is 41.4 Å². The summed E-state index contributed by atoms with van der Waals surface area (Å²) in [6.45, 7) is 2.93. The minimum atomic E-state index is -5.04. The molecule has 0 spiro atoms. The number of aryl methyl sites for hydroxylation is 1. The van der Waals surface area contributed by atoms with E-state index in [1.54, 1.807) is 18.2 Å². The lowest BCUT2D eigenvalue weighted by molar-refractivity contribution is -0.283. The van der Waals surface area contributed by atoms with Gasteiger partial charge >= 0.3 is 6.18 Å². The van der Waals surface area contributed by atoms with E-state index in [2.05, 4.69) is 4.99 Å². The zero-order valence-corrected chi connectivity index (χ0v) is 17.8. The first-order chi connectivity index (χ1) is 14.5. The largest absolute Gasteiger partial charge is 0.496 e. The van der Waals surface area contributed by atoms with E-state index in [0.29, 0.717) is 23.4 Å². The van der Waals surface area contributed by atoms with E-state index in [4.69, 9.17) is 9.47 Å². The van der Waals surface area contributed by atoms with Gasteiger partial charge in [0.2, 0.25) is 5.60 Å². The number of methoxy groups -OCH3 is 1. The minimum absolute atomic E-state index is 0.165. The smallest absolute Gasteiger partial charge is 0.423 e. The molecule has 5 nitrogen and oxygen atoms in total. The molecule has 1 N–H and O–H groups in total. The van der Waals surface area contributed by atoms with Crippen molar-refractivity contribution in [1.82, 2.24) is 4.90 Å². The van der Waals surface area contributed by atoms with Crippen LogP contribution in [0.2, 0.25) is 0 Å². The summed E-state index contributed by atoms with van der Waals surface area (Å²) in [7, 11) is 3.03. The van der Waals surface area contributed by atoms with Crippen molar-refractivity contribution in [2.24, 2.45) is 4.99 Å². The molecule has 31 heavy (non-hydrogen) atoms. The van der Waals surface area contributed by atoms with Crippen molar-refractivity contribution in [3.8, 4) is 5.75 Å². The topological polar surface area (TPSA) is 54.3 Å². The first kappa shape index (κ1) is 24.6. The normalized spacial score (nSPS) is 14.0. The van der Waals surface area contributed by atoms with Crippen LogP contribution in [0.5, 0.6) is 5.75 Å². The lowest BCUT2D eigenvalue weighted by atomic mass is 9.91. The fraction of sp³-hybridized carbons (Fsp3) is 0.409. The molecule has 0 fully saturated rings. The Morgan fingerprint density at radius 2 is 1.81 bits per heavy atom. The number of rotatable bonds is 9. The molecule has 0 bridgehead atoms. The molecule has 9 heteroatoms. The SMILES string of the molecule is CCN(C)C=Nc1cc(OC)c(C(O)(COCc2ccc(F)cc2)C(F)(F)F)cc1C. The standard InChI is InChI=1S/C22H26F4N2O3/c1-5-28(3)14-27-19-11-20(30-4)18(10-15(19)2)21(29,22(24,25)26)13-31-12-16-6-8-17(23)9-7-16/h6-11,14,29H,5,12-13H2,1-4H3. The second-order valence-electron chi connectivity index (χ2n) is 7.13. The molecule has 1 unspecified atom stereocenters. The number of aliphatic imine (C=N–C) groups is 1. The predicted octanol–water partition coefficient (Wildman–Crippen LogP) is 4.72. The molecule has 2 aromatic carbocycles. The van der Waals surface area contributed by atoms with Gasteiger partial charge in [-0.1, -0.05) is 12.1 Å². The van der Waals surface area contributed by atoms with Crippen LogP contribution < -0.4 is 4.74 Å². The van der Waals surface area contributed by atoms with E-state index in [0.717, 1.165) is 0 Å². The summed E-state index contributed by atoms with van der Waals surface area (Å²) >= 11 is 0. The van der Waals surface area contributed by atoms with Crippen molar-refractivity contribution in [2.45, 2.75) is 32.2 Å². The molecule has 0 saturated heterocycles. The fourth-order valence-corrected chi connectivity index (χ4v) is 2.76. The van der Waals surface area contributed by atoms with Gasteiger partial charge in [0.15, 0.2) is 0 Å². The summed E-state index contributed by atoms with van der Waals surface area (Å²) in [4.78, 5) is 6.08. The molecule has 0 heterocycles. The summed E-state index contributed by atoms with van der Waals surface area (Å²) in [5.41, 5.74) is -2.47. The van der Waals surface area contributed by atoms with Crippen molar-refractivity contribution >= 4 is 12.0 Å². The van der Waals surface area contributed by atoms with E-state index in [9.17, 15) is 22.7 Å². The van der Waals surface area contributed by atoms with Gasteiger partial charge < -0.3 is 19.5 Å². The average Bonchev–Trinajstić information content (AvgIpc) is 2.72. The van der Waals surface area contributed by atoms with E-state index < -0.39 is 29.8 Å². The fourth-order valence-electron chi connectivity index (χ4n) is 2.76. The molecule has 0 aliphatic rings. The lowest BCUT2D eigenvalue weighted by Gasteiger charge is -2.32. The summed E-state index contributed by atoms with van der Waals surface area (Å²) in [6, 6.07) is 7.69. The van der Waals surface area contributed by atoms with E-state index >= 15 is 0 Å². The van der Waals surface area contributed by atoms with Crippen molar-refractivity contribution in [2.75, 3.05) is 27.3 Å². The summed E-state index contributed by atoms with van der Waals surface area (Å²) in [5, 5.41) is 10.7. The second kappa shape index (κ2) is 10.1. The first-order valence-electron chi connectivity index (χ1n) is 9.56. The number of aliphatic hydroxyl groups is 1. The van der Waals surface area contributed by atoms with E-state index in [1.807, 2.05) is 14.0 Å². The zero-order valence-electron chi connectivity index (χ0n) is 17.8. The minimum Gasteiger partial charge on any atom is -0.496 e. The van der Waals surface area contributed by atoms with Crippen molar-refractivity contribution in [1.29, 1.82) is 0 Å². The quantitative estimate of drug-likeness (QED) is 0.347. The summed E-state index contributed by atoms with van der Waals surface area (Å²) in [6.07, 6.45) is -3.48. The second-order valence-corrected chi connectivity index (χ2v) is 7.13. The molecule has 2 rings (SSSR count). The van der Waals surface area contributed by atoms with Crippen LogP contribution in [0.25, 0.3) is 0 Å². The van der Waals surface area contributed by atoms with Crippen LogP contribution in [0.1, 0.15) is 23.6 Å². The number of hydrogen-bond donors (Lipinski definition) is 1. The van der Waals surface area contributed by atoms with Crippen LogP contribution >= 0.6 is 0 Å². The third kappa shape index (κ3) is 5.95. The number of hydrogen-bond acceptors (Lipinski definition) is 4. The molecule has 0 aliphatic heterocycles. The van der Waals surface area contributed by atoms with Crippen molar-refractivity contribution in [3.05, 3.63) is 58.9 Å². The molecule has 0 radical (unpaired) electrons. The highest BCUT2D eigenvalue weighted by Crippen LogP contribution is 2.45. The third-order valence-electron chi connectivity index (χ3n) is 4.82. The average molecular weight is 442 g/mol. The van der Waals surface area contributed by atoms with Crippen molar-refractivity contribution < 1.29 is 32.1 Å². The van der Waals surface area contributed by atoms with E-state index in [1.165, 1.54) is 43.5 Å². The number of alkyl halides is 3. The Labute approximate surface area is 178 Å². The van der Waals surface area contributed by atoms with Crippen LogP contribution in [-0.2, 0) is 16.9 Å². The van der Waals surface area contributed by atoms with Gasteiger partial charge in [0.05, 0.1) is 32.3 Å². The van der Waals surface area contributed by atoms with Crippen LogP contribution in [0.4, 0.5) is 23.2 Å². The highest BCUT2D eigenvalue weighted by Gasteiger charge is 2.56. The van der Waals surface area contributed by atoms with Gasteiger partial charge in [-0.15, -0.1) is 0 Å². The molecule has 0 saturated carbocycles. The molecule has 0 aliphatic carbocycles. The summed E-state index contributed by atoms with van der Waals surface area (Å²) < 4.78 is 65.2.